The van der Waals surface area contributed by atoms with E-state index in [1.807, 2.05) is 12.3 Å². The molecule has 0 aliphatic heterocycles. The van der Waals surface area contributed by atoms with Crippen LogP contribution >= 0.6 is 11.3 Å². The van der Waals surface area contributed by atoms with Gasteiger partial charge >= 0.3 is 0 Å². The molecule has 0 amide bonds. The van der Waals surface area contributed by atoms with Crippen molar-refractivity contribution in [2.24, 2.45) is 10.7 Å². The Kier molecular flexibility index (Phi) is 5.06. The van der Waals surface area contributed by atoms with E-state index < -0.39 is 0 Å². The third-order valence-corrected chi connectivity index (χ3v) is 2.44. The minimum absolute atomic E-state index is 0.162. The maximum Gasteiger partial charge on any atom is 0.189 e. The molecule has 1 rings (SSSR count). The molecule has 1 aromatic rings. The number of thiazole rings is 1. The molecule has 0 fully saturated rings. The molecule has 0 radical (unpaired) electrons. The van der Waals surface area contributed by atoms with Gasteiger partial charge in [-0.25, -0.2) is 9.98 Å². The molecular formula is C9H16N4OS. The molecule has 0 saturated heterocycles. The number of nitrogens with two attached hydrogens (primary N) is 1. The largest absolute Gasteiger partial charge is 0.383 e. The van der Waals surface area contributed by atoms with Crippen LogP contribution in [0, 0.1) is 0 Å². The lowest BCUT2D eigenvalue weighted by atomic mass is 10.4. The van der Waals surface area contributed by atoms with Crippen LogP contribution in [0.4, 0.5) is 0 Å². The number of aromatic nitrogens is 1. The summed E-state index contributed by atoms with van der Waals surface area (Å²) in [5.74, 6) is 0.426. The zero-order chi connectivity index (χ0) is 11.1. The highest BCUT2D eigenvalue weighted by molar-refractivity contribution is 7.09. The first-order valence-electron chi connectivity index (χ1n) is 4.66. The summed E-state index contributed by atoms with van der Waals surface area (Å²) in [5.41, 5.74) is 5.68. The molecule has 0 aromatic carbocycles. The summed E-state index contributed by atoms with van der Waals surface area (Å²) < 4.78 is 4.97. The Bertz CT molecular complexity index is 299. The Balaban J connectivity index is 2.33. The van der Waals surface area contributed by atoms with Crippen LogP contribution in [0.15, 0.2) is 16.6 Å². The molecule has 1 aromatic heterocycles. The summed E-state index contributed by atoms with van der Waals surface area (Å²) >= 11 is 1.57. The zero-order valence-corrected chi connectivity index (χ0v) is 9.75. The topological polar surface area (TPSA) is 72.5 Å². The second kappa shape index (κ2) is 6.36. The number of aliphatic imine (C=N–C) groups is 1. The van der Waals surface area contributed by atoms with E-state index in [1.54, 1.807) is 24.6 Å². The molecule has 3 N–H and O–H groups in total. The molecule has 0 aliphatic carbocycles. The Labute approximate surface area is 93.4 Å². The number of hydrogen-bond acceptors (Lipinski definition) is 4. The van der Waals surface area contributed by atoms with E-state index in [2.05, 4.69) is 15.3 Å². The average Bonchev–Trinajstić information content (AvgIpc) is 2.67. The molecular weight excluding hydrogens is 212 g/mol. The number of methoxy groups -OCH3 is 1. The number of nitrogens with one attached hydrogen (secondary N) is 1. The van der Waals surface area contributed by atoms with Crippen molar-refractivity contribution in [3.05, 3.63) is 16.6 Å². The first kappa shape index (κ1) is 11.9. The summed E-state index contributed by atoms with van der Waals surface area (Å²) in [5, 5.41) is 5.90. The van der Waals surface area contributed by atoms with Gasteiger partial charge in [0.1, 0.15) is 5.01 Å². The van der Waals surface area contributed by atoms with Gasteiger partial charge in [-0.2, -0.15) is 0 Å². The summed E-state index contributed by atoms with van der Waals surface area (Å²) in [6.07, 6.45) is 1.76. The van der Waals surface area contributed by atoms with Gasteiger partial charge in [-0.3, -0.25) is 0 Å². The smallest absolute Gasteiger partial charge is 0.189 e. The first-order chi connectivity index (χ1) is 7.22. The highest BCUT2D eigenvalue weighted by Gasteiger charge is 2.01. The van der Waals surface area contributed by atoms with E-state index in [-0.39, 0.29) is 6.04 Å². The Morgan fingerprint density at radius 1 is 1.80 bits per heavy atom. The monoisotopic (exact) mass is 228 g/mol. The van der Waals surface area contributed by atoms with Crippen LogP contribution in [0.5, 0.6) is 0 Å². The van der Waals surface area contributed by atoms with E-state index >= 15 is 0 Å². The SMILES string of the molecule is COCC(C)NC(N)=NCc1nccs1. The number of hydrogen-bond donors (Lipinski definition) is 2. The van der Waals surface area contributed by atoms with E-state index in [4.69, 9.17) is 10.5 Å². The molecule has 0 saturated carbocycles. The molecule has 6 heteroatoms. The van der Waals surface area contributed by atoms with E-state index in [1.165, 1.54) is 0 Å². The van der Waals surface area contributed by atoms with Crippen LogP contribution in [0.1, 0.15) is 11.9 Å². The quantitative estimate of drug-likeness (QED) is 0.571. The standard InChI is InChI=1S/C9H16N4OS/c1-7(6-14-2)13-9(10)12-5-8-11-3-4-15-8/h3-4,7H,5-6H2,1-2H3,(H3,10,12,13). The van der Waals surface area contributed by atoms with Crippen LogP contribution in [0.25, 0.3) is 0 Å². The van der Waals surface area contributed by atoms with E-state index in [0.717, 1.165) is 5.01 Å². The third kappa shape index (κ3) is 4.75. The van der Waals surface area contributed by atoms with Crippen molar-refractivity contribution in [3.63, 3.8) is 0 Å². The van der Waals surface area contributed by atoms with Gasteiger partial charge in [0.2, 0.25) is 0 Å². The van der Waals surface area contributed by atoms with Crippen LogP contribution < -0.4 is 11.1 Å². The highest BCUT2D eigenvalue weighted by atomic mass is 32.1. The molecule has 15 heavy (non-hydrogen) atoms. The summed E-state index contributed by atoms with van der Waals surface area (Å²) in [4.78, 5) is 8.27. The fourth-order valence-electron chi connectivity index (χ4n) is 1.07. The number of ether oxygens (including phenoxy) is 1. The maximum absolute atomic E-state index is 5.68. The minimum atomic E-state index is 0.162. The fourth-order valence-corrected chi connectivity index (χ4v) is 1.61. The second-order valence-corrected chi connectivity index (χ2v) is 4.11. The Morgan fingerprint density at radius 3 is 3.20 bits per heavy atom. The second-order valence-electron chi connectivity index (χ2n) is 3.13. The summed E-state index contributed by atoms with van der Waals surface area (Å²) in [6.45, 7) is 3.11. The fraction of sp³-hybridized carbons (Fsp3) is 0.556. The molecule has 0 aliphatic rings. The van der Waals surface area contributed by atoms with Crippen LogP contribution in [0.3, 0.4) is 0 Å². The van der Waals surface area contributed by atoms with Gasteiger partial charge < -0.3 is 15.8 Å². The Hall–Kier alpha value is -1.14. The molecule has 1 atom stereocenters. The van der Waals surface area contributed by atoms with Gasteiger partial charge in [-0.15, -0.1) is 11.3 Å². The molecule has 5 nitrogen and oxygen atoms in total. The zero-order valence-electron chi connectivity index (χ0n) is 8.93. The van der Waals surface area contributed by atoms with Crippen LogP contribution in [-0.2, 0) is 11.3 Å². The normalized spacial score (nSPS) is 13.9. The van der Waals surface area contributed by atoms with Crippen molar-refractivity contribution in [2.75, 3.05) is 13.7 Å². The van der Waals surface area contributed by atoms with Gasteiger partial charge in [0.05, 0.1) is 13.2 Å². The van der Waals surface area contributed by atoms with Crippen molar-refractivity contribution >= 4 is 17.3 Å². The first-order valence-corrected chi connectivity index (χ1v) is 5.54. The van der Waals surface area contributed by atoms with Gasteiger partial charge in [-0.05, 0) is 6.92 Å². The molecule has 1 heterocycles. The van der Waals surface area contributed by atoms with Crippen molar-refractivity contribution in [1.82, 2.24) is 10.3 Å². The summed E-state index contributed by atoms with van der Waals surface area (Å²) in [7, 11) is 1.65. The molecule has 1 unspecified atom stereocenters. The lowest BCUT2D eigenvalue weighted by molar-refractivity contribution is 0.179. The third-order valence-electron chi connectivity index (χ3n) is 1.68. The van der Waals surface area contributed by atoms with Crippen molar-refractivity contribution < 1.29 is 4.74 Å². The highest BCUT2D eigenvalue weighted by Crippen LogP contribution is 2.04. The van der Waals surface area contributed by atoms with Crippen molar-refractivity contribution in [2.45, 2.75) is 19.5 Å². The number of rotatable bonds is 5. The van der Waals surface area contributed by atoms with E-state index in [0.29, 0.717) is 19.1 Å². The molecule has 0 bridgehead atoms. The lowest BCUT2D eigenvalue weighted by Gasteiger charge is -2.12. The van der Waals surface area contributed by atoms with Crippen molar-refractivity contribution in [1.29, 1.82) is 0 Å². The summed E-state index contributed by atoms with van der Waals surface area (Å²) in [6, 6.07) is 0.162. The van der Waals surface area contributed by atoms with Gasteiger partial charge in [0.15, 0.2) is 5.96 Å². The maximum atomic E-state index is 5.68. The predicted octanol–water partition coefficient (Wildman–Crippen LogP) is 0.582. The van der Waals surface area contributed by atoms with Crippen molar-refractivity contribution in [3.8, 4) is 0 Å². The number of nitrogens with zero attached hydrogens (tertiary/aromatic N) is 2. The Morgan fingerprint density at radius 2 is 2.60 bits per heavy atom. The minimum Gasteiger partial charge on any atom is -0.383 e. The van der Waals surface area contributed by atoms with Crippen LogP contribution in [-0.4, -0.2) is 30.7 Å². The molecule has 0 spiro atoms. The van der Waals surface area contributed by atoms with E-state index in [9.17, 15) is 0 Å². The van der Waals surface area contributed by atoms with Gasteiger partial charge in [0, 0.05) is 24.7 Å². The lowest BCUT2D eigenvalue weighted by Crippen LogP contribution is -2.40. The number of guanidine groups is 1. The van der Waals surface area contributed by atoms with Gasteiger partial charge in [-0.1, -0.05) is 0 Å². The predicted molar refractivity (Wildman–Crippen MR) is 61.9 cm³/mol. The van der Waals surface area contributed by atoms with Crippen LogP contribution in [0.2, 0.25) is 0 Å². The molecule has 84 valence electrons. The average molecular weight is 228 g/mol. The van der Waals surface area contributed by atoms with Gasteiger partial charge in [0.25, 0.3) is 0 Å².